The number of unbranched alkanes of at least 4 members (excludes halogenated alkanes) is 28. The molecule has 0 saturated carbocycles. The Labute approximate surface area is 506 Å². The third-order valence-corrected chi connectivity index (χ3v) is 14.4. The average molecular weight is 1140 g/mol. The van der Waals surface area contributed by atoms with Crippen LogP contribution in [0.3, 0.4) is 0 Å². The van der Waals surface area contributed by atoms with E-state index in [1.165, 1.54) is 122 Å². The van der Waals surface area contributed by atoms with Gasteiger partial charge in [-0.15, -0.1) is 0 Å². The first-order valence-corrected chi connectivity index (χ1v) is 34.2. The summed E-state index contributed by atoms with van der Waals surface area (Å²) in [7, 11) is 0. The Morgan fingerprint density at radius 2 is 0.476 bits per heavy atom. The van der Waals surface area contributed by atoms with Gasteiger partial charge in [-0.05, 0) is 116 Å². The highest BCUT2D eigenvalue weighted by Crippen LogP contribution is 2.16. The Hall–Kier alpha value is -4.45. The molecule has 0 aromatic heterocycles. The lowest BCUT2D eigenvalue weighted by molar-refractivity contribution is -0.167. The summed E-state index contributed by atoms with van der Waals surface area (Å²) in [6.45, 7) is 6.42. The highest BCUT2D eigenvalue weighted by molar-refractivity contribution is 5.71. The van der Waals surface area contributed by atoms with Gasteiger partial charge in [0.25, 0.3) is 0 Å². The van der Waals surface area contributed by atoms with Crippen molar-refractivity contribution in [2.75, 3.05) is 13.2 Å². The number of hydrogen-bond acceptors (Lipinski definition) is 6. The van der Waals surface area contributed by atoms with E-state index in [2.05, 4.69) is 154 Å². The van der Waals surface area contributed by atoms with Crippen LogP contribution in [0.5, 0.6) is 0 Å². The molecule has 0 N–H and O–H groups in total. The summed E-state index contributed by atoms with van der Waals surface area (Å²) in [4.78, 5) is 38.4. The molecule has 0 amide bonds. The van der Waals surface area contributed by atoms with Crippen LogP contribution in [0, 0.1) is 0 Å². The molecule has 0 aliphatic carbocycles. The summed E-state index contributed by atoms with van der Waals surface area (Å²) < 4.78 is 17.0. The minimum Gasteiger partial charge on any atom is -0.462 e. The molecule has 6 nitrogen and oxygen atoms in total. The molecular weight excluding hydrogens is 1010 g/mol. The van der Waals surface area contributed by atoms with Crippen molar-refractivity contribution in [2.24, 2.45) is 0 Å². The molecule has 0 aromatic rings. The first-order valence-electron chi connectivity index (χ1n) is 34.2. The largest absolute Gasteiger partial charge is 0.462 e. The highest BCUT2D eigenvalue weighted by atomic mass is 16.6. The zero-order chi connectivity index (χ0) is 59.2. The maximum absolute atomic E-state index is 12.9. The van der Waals surface area contributed by atoms with Crippen LogP contribution in [0.4, 0.5) is 0 Å². The highest BCUT2D eigenvalue weighted by Gasteiger charge is 2.19. The SMILES string of the molecule is CC/C=C\C/C=C\C/C=C\C/C=C\C/C=C\C/C=C\CCCCCCCCCCCCC(=O)OCC(COC(=O)CCCCCCCCCCCCCCCC)OC(=O)CCCCCCC/C=C\C/C=C\C/C=C\C/C=C\C/C=C\CC. The van der Waals surface area contributed by atoms with Crippen molar-refractivity contribution in [1.82, 2.24) is 0 Å². The van der Waals surface area contributed by atoms with Crippen molar-refractivity contribution in [3.8, 4) is 0 Å². The van der Waals surface area contributed by atoms with Crippen LogP contribution in [-0.4, -0.2) is 37.2 Å². The fourth-order valence-corrected chi connectivity index (χ4v) is 9.36. The summed E-state index contributed by atoms with van der Waals surface area (Å²) in [5, 5.41) is 0. The molecule has 0 aliphatic heterocycles. The minimum absolute atomic E-state index is 0.0876. The number of hydrogen-bond donors (Lipinski definition) is 0. The molecule has 466 valence electrons. The number of rotatable bonds is 61. The van der Waals surface area contributed by atoms with Crippen LogP contribution in [0.15, 0.2) is 134 Å². The maximum Gasteiger partial charge on any atom is 0.306 e. The lowest BCUT2D eigenvalue weighted by Gasteiger charge is -2.18. The summed E-state index contributed by atoms with van der Waals surface area (Å²) >= 11 is 0. The van der Waals surface area contributed by atoms with E-state index < -0.39 is 6.10 Å². The molecule has 0 bridgehead atoms. The molecule has 1 unspecified atom stereocenters. The van der Waals surface area contributed by atoms with Gasteiger partial charge in [0.15, 0.2) is 6.10 Å². The van der Waals surface area contributed by atoms with Crippen LogP contribution in [0.2, 0.25) is 0 Å². The summed E-state index contributed by atoms with van der Waals surface area (Å²) in [6.07, 6.45) is 97.4. The van der Waals surface area contributed by atoms with Crippen LogP contribution in [-0.2, 0) is 28.6 Å². The monoisotopic (exact) mass is 1130 g/mol. The van der Waals surface area contributed by atoms with Crippen molar-refractivity contribution in [1.29, 1.82) is 0 Å². The Morgan fingerprint density at radius 3 is 0.744 bits per heavy atom. The molecule has 0 heterocycles. The molecule has 0 fully saturated rings. The molecule has 0 spiro atoms. The van der Waals surface area contributed by atoms with E-state index in [9.17, 15) is 14.4 Å². The molecule has 6 heteroatoms. The van der Waals surface area contributed by atoms with Gasteiger partial charge in [-0.2, -0.15) is 0 Å². The predicted octanol–water partition coefficient (Wildman–Crippen LogP) is 23.7. The second-order valence-electron chi connectivity index (χ2n) is 22.3. The Kier molecular flexibility index (Phi) is 65.3. The molecule has 0 aliphatic rings. The molecule has 0 radical (unpaired) electrons. The van der Waals surface area contributed by atoms with E-state index >= 15 is 0 Å². The normalized spacial score (nSPS) is 13.0. The van der Waals surface area contributed by atoms with Gasteiger partial charge in [0, 0.05) is 19.3 Å². The maximum atomic E-state index is 12.9. The Bertz CT molecular complexity index is 1730. The minimum atomic E-state index is -0.795. The van der Waals surface area contributed by atoms with Crippen molar-refractivity contribution in [3.63, 3.8) is 0 Å². The lowest BCUT2D eigenvalue weighted by atomic mass is 10.0. The van der Waals surface area contributed by atoms with Crippen LogP contribution in [0.25, 0.3) is 0 Å². The molecular formula is C76H126O6. The van der Waals surface area contributed by atoms with Crippen molar-refractivity contribution in [3.05, 3.63) is 134 Å². The standard InChI is InChI=1S/C76H126O6/c1-4-7-10-13-16-19-22-25-28-30-32-34-35-36-37-38-39-40-41-43-44-46-48-51-54-57-60-63-66-69-75(78)81-72-73(71-80-74(77)68-65-62-59-56-53-50-27-24-21-18-15-12-9-6-3)82-76(79)70-67-64-61-58-55-52-49-47-45-42-33-31-29-26-23-20-17-14-11-8-5-2/h7-8,10-11,16-17,19-20,25-26,28-29,32-34,36-37,39-40,42,47,49,73H,4-6,9,12-15,18,21-24,27,30-31,35,38,41,43-46,48,50-72H2,1-3H3/b10-7-,11-8-,19-16-,20-17-,28-25-,29-26-,34-32-,37-36-,40-39-,42-33-,49-47-. The second kappa shape index (κ2) is 69.0. The van der Waals surface area contributed by atoms with Crippen molar-refractivity contribution < 1.29 is 28.6 Å². The van der Waals surface area contributed by atoms with E-state index in [1.807, 2.05) is 0 Å². The predicted molar refractivity (Wildman–Crippen MR) is 357 cm³/mol. The Balaban J connectivity index is 4.36. The zero-order valence-electron chi connectivity index (χ0n) is 53.5. The second-order valence-corrected chi connectivity index (χ2v) is 22.3. The smallest absolute Gasteiger partial charge is 0.306 e. The third kappa shape index (κ3) is 66.4. The van der Waals surface area contributed by atoms with E-state index in [0.717, 1.165) is 148 Å². The Morgan fingerprint density at radius 1 is 0.256 bits per heavy atom. The van der Waals surface area contributed by atoms with Crippen molar-refractivity contribution in [2.45, 2.75) is 316 Å². The van der Waals surface area contributed by atoms with E-state index in [0.29, 0.717) is 19.3 Å². The summed E-state index contributed by atoms with van der Waals surface area (Å²) in [5.74, 6) is -0.903. The van der Waals surface area contributed by atoms with Crippen LogP contribution >= 0.6 is 0 Å². The number of esters is 3. The van der Waals surface area contributed by atoms with Crippen LogP contribution < -0.4 is 0 Å². The fraction of sp³-hybridized carbons (Fsp3) is 0.671. The third-order valence-electron chi connectivity index (χ3n) is 14.4. The zero-order valence-corrected chi connectivity index (χ0v) is 53.5. The van der Waals surface area contributed by atoms with Gasteiger partial charge in [0.1, 0.15) is 13.2 Å². The molecule has 0 aromatic carbocycles. The summed E-state index contributed by atoms with van der Waals surface area (Å²) in [6, 6.07) is 0. The first-order chi connectivity index (χ1) is 40.5. The molecule has 82 heavy (non-hydrogen) atoms. The molecule has 1 atom stereocenters. The number of carbonyl (C=O) groups is 3. The van der Waals surface area contributed by atoms with Gasteiger partial charge in [-0.1, -0.05) is 309 Å². The fourth-order valence-electron chi connectivity index (χ4n) is 9.36. The van der Waals surface area contributed by atoms with E-state index in [-0.39, 0.29) is 31.1 Å². The van der Waals surface area contributed by atoms with E-state index in [1.54, 1.807) is 0 Å². The number of carbonyl (C=O) groups excluding carboxylic acids is 3. The van der Waals surface area contributed by atoms with Gasteiger partial charge >= 0.3 is 17.9 Å². The quantitative estimate of drug-likeness (QED) is 0.0261. The van der Waals surface area contributed by atoms with Gasteiger partial charge in [0.05, 0.1) is 0 Å². The molecule has 0 saturated heterocycles. The lowest BCUT2D eigenvalue weighted by Crippen LogP contribution is -2.30. The molecule has 0 rings (SSSR count). The van der Waals surface area contributed by atoms with Gasteiger partial charge in [-0.25, -0.2) is 0 Å². The van der Waals surface area contributed by atoms with Crippen molar-refractivity contribution >= 4 is 17.9 Å². The number of allylic oxidation sites excluding steroid dienone is 22. The topological polar surface area (TPSA) is 78.9 Å². The average Bonchev–Trinajstić information content (AvgIpc) is 3.47. The van der Waals surface area contributed by atoms with Gasteiger partial charge < -0.3 is 14.2 Å². The summed E-state index contributed by atoms with van der Waals surface area (Å²) in [5.41, 5.74) is 0. The van der Waals surface area contributed by atoms with Crippen LogP contribution in [0.1, 0.15) is 310 Å². The van der Waals surface area contributed by atoms with Gasteiger partial charge in [-0.3, -0.25) is 14.4 Å². The van der Waals surface area contributed by atoms with E-state index in [4.69, 9.17) is 14.2 Å². The van der Waals surface area contributed by atoms with Gasteiger partial charge in [0.2, 0.25) is 0 Å². The first kappa shape index (κ1) is 77.5. The number of ether oxygens (including phenoxy) is 3.